The van der Waals surface area contributed by atoms with E-state index in [-0.39, 0.29) is 0 Å². The van der Waals surface area contributed by atoms with Crippen LogP contribution in [0.15, 0.2) is 35.3 Å². The van der Waals surface area contributed by atoms with Crippen LogP contribution in [-0.2, 0) is 0 Å². The molecule has 0 saturated heterocycles. The molecule has 1 N–H and O–H groups in total. The van der Waals surface area contributed by atoms with E-state index in [9.17, 15) is 0 Å². The minimum atomic E-state index is 0.337. The lowest BCUT2D eigenvalue weighted by Gasteiger charge is -2.29. The molecular weight excluding hydrogens is 216 g/mol. The molecule has 0 aromatic heterocycles. The summed E-state index contributed by atoms with van der Waals surface area (Å²) >= 11 is 5.21. The second-order valence-electron chi connectivity index (χ2n) is 4.44. The topological polar surface area (TPSA) is 24.4 Å². The van der Waals surface area contributed by atoms with Crippen LogP contribution in [0.1, 0.15) is 30.9 Å². The average Bonchev–Trinajstić information content (AvgIpc) is 2.77. The van der Waals surface area contributed by atoms with Gasteiger partial charge in [0.05, 0.1) is 6.04 Å². The van der Waals surface area contributed by atoms with Gasteiger partial charge in [0.1, 0.15) is 0 Å². The van der Waals surface area contributed by atoms with E-state index in [2.05, 4.69) is 34.6 Å². The van der Waals surface area contributed by atoms with Crippen molar-refractivity contribution in [1.29, 1.82) is 0 Å². The lowest BCUT2D eigenvalue weighted by molar-refractivity contribution is 0.492. The maximum atomic E-state index is 5.21. The van der Waals surface area contributed by atoms with Crippen LogP contribution in [0.4, 0.5) is 0 Å². The van der Waals surface area contributed by atoms with Crippen molar-refractivity contribution in [3.63, 3.8) is 0 Å². The molecular formula is C13H14N2S. The molecule has 0 bridgehead atoms. The SMILES string of the molecule is S=C1N=C2CCCC2C(c2ccccc2)N1. The average molecular weight is 230 g/mol. The molecule has 1 heterocycles. The van der Waals surface area contributed by atoms with Gasteiger partial charge in [-0.15, -0.1) is 0 Å². The van der Waals surface area contributed by atoms with Crippen molar-refractivity contribution in [3.05, 3.63) is 35.9 Å². The molecule has 1 aliphatic carbocycles. The lowest BCUT2D eigenvalue weighted by atomic mass is 9.89. The summed E-state index contributed by atoms with van der Waals surface area (Å²) in [5.74, 6) is 0.550. The number of benzene rings is 1. The van der Waals surface area contributed by atoms with Crippen molar-refractivity contribution in [2.24, 2.45) is 10.9 Å². The molecule has 3 rings (SSSR count). The second kappa shape index (κ2) is 3.98. The van der Waals surface area contributed by atoms with Crippen molar-refractivity contribution in [3.8, 4) is 0 Å². The zero-order chi connectivity index (χ0) is 11.0. The van der Waals surface area contributed by atoms with Crippen LogP contribution >= 0.6 is 12.2 Å². The van der Waals surface area contributed by atoms with Crippen LogP contribution in [0.5, 0.6) is 0 Å². The summed E-state index contributed by atoms with van der Waals surface area (Å²) in [7, 11) is 0. The Hall–Kier alpha value is -1.22. The molecule has 0 amide bonds. The fourth-order valence-corrected chi connectivity index (χ4v) is 2.97. The molecule has 1 saturated carbocycles. The highest BCUT2D eigenvalue weighted by molar-refractivity contribution is 7.80. The molecule has 1 aromatic rings. The summed E-state index contributed by atoms with van der Waals surface area (Å²) in [5, 5.41) is 4.00. The number of hydrogen-bond donors (Lipinski definition) is 1. The van der Waals surface area contributed by atoms with Gasteiger partial charge in [0.25, 0.3) is 0 Å². The van der Waals surface area contributed by atoms with E-state index in [0.29, 0.717) is 17.1 Å². The van der Waals surface area contributed by atoms with Crippen molar-refractivity contribution >= 4 is 23.0 Å². The number of nitrogens with one attached hydrogen (secondary N) is 1. The monoisotopic (exact) mass is 230 g/mol. The third-order valence-corrected chi connectivity index (χ3v) is 3.67. The van der Waals surface area contributed by atoms with Crippen molar-refractivity contribution < 1.29 is 0 Å². The highest BCUT2D eigenvalue weighted by Gasteiger charge is 2.34. The molecule has 1 aromatic carbocycles. The maximum absolute atomic E-state index is 5.21. The maximum Gasteiger partial charge on any atom is 0.193 e. The first-order valence-corrected chi connectivity index (χ1v) is 6.18. The Morgan fingerprint density at radius 3 is 2.88 bits per heavy atom. The fourth-order valence-electron chi connectivity index (χ4n) is 2.73. The van der Waals surface area contributed by atoms with Gasteiger partial charge in [0, 0.05) is 11.6 Å². The summed E-state index contributed by atoms with van der Waals surface area (Å²) in [5.41, 5.74) is 2.63. The first-order chi connectivity index (χ1) is 7.84. The molecule has 2 unspecified atom stereocenters. The highest BCUT2D eigenvalue weighted by atomic mass is 32.1. The molecule has 2 nitrogen and oxygen atoms in total. The van der Waals surface area contributed by atoms with Gasteiger partial charge in [-0.05, 0) is 37.0 Å². The van der Waals surface area contributed by atoms with E-state index in [1.165, 1.54) is 24.1 Å². The first kappa shape index (κ1) is 9.97. The van der Waals surface area contributed by atoms with Crippen molar-refractivity contribution in [2.45, 2.75) is 25.3 Å². The zero-order valence-electron chi connectivity index (χ0n) is 9.02. The summed E-state index contributed by atoms with van der Waals surface area (Å²) in [4.78, 5) is 4.46. The van der Waals surface area contributed by atoms with E-state index >= 15 is 0 Å². The third-order valence-electron chi connectivity index (χ3n) is 3.46. The Kier molecular flexibility index (Phi) is 2.48. The van der Waals surface area contributed by atoms with Crippen LogP contribution in [0, 0.1) is 5.92 Å². The molecule has 2 atom stereocenters. The van der Waals surface area contributed by atoms with Gasteiger partial charge in [0.2, 0.25) is 0 Å². The number of hydrogen-bond acceptors (Lipinski definition) is 1. The van der Waals surface area contributed by atoms with Gasteiger partial charge in [-0.3, -0.25) is 0 Å². The second-order valence-corrected chi connectivity index (χ2v) is 4.83. The van der Waals surface area contributed by atoms with Crippen LogP contribution in [0.2, 0.25) is 0 Å². The Bertz CT molecular complexity index is 439. The highest BCUT2D eigenvalue weighted by Crippen LogP contribution is 2.36. The Morgan fingerprint density at radius 1 is 1.25 bits per heavy atom. The van der Waals surface area contributed by atoms with E-state index in [0.717, 1.165) is 6.42 Å². The zero-order valence-corrected chi connectivity index (χ0v) is 9.83. The smallest absolute Gasteiger partial charge is 0.193 e. The summed E-state index contributed by atoms with van der Waals surface area (Å²) in [6.45, 7) is 0. The number of fused-ring (bicyclic) bond motifs is 1. The fraction of sp³-hybridized carbons (Fsp3) is 0.385. The minimum absolute atomic E-state index is 0.337. The molecule has 0 radical (unpaired) electrons. The molecule has 1 aliphatic heterocycles. The van der Waals surface area contributed by atoms with Gasteiger partial charge >= 0.3 is 0 Å². The molecule has 3 heteroatoms. The van der Waals surface area contributed by atoms with Gasteiger partial charge in [-0.1, -0.05) is 30.3 Å². The van der Waals surface area contributed by atoms with Crippen molar-refractivity contribution in [1.82, 2.24) is 5.32 Å². The van der Waals surface area contributed by atoms with E-state index < -0.39 is 0 Å². The Morgan fingerprint density at radius 2 is 2.06 bits per heavy atom. The van der Waals surface area contributed by atoms with Gasteiger partial charge in [-0.25, -0.2) is 4.99 Å². The molecule has 82 valence electrons. The molecule has 0 spiro atoms. The largest absolute Gasteiger partial charge is 0.353 e. The van der Waals surface area contributed by atoms with E-state index in [1.54, 1.807) is 0 Å². The number of aliphatic imine (C=N–C) groups is 1. The summed E-state index contributed by atoms with van der Waals surface area (Å²) < 4.78 is 0. The third kappa shape index (κ3) is 1.65. The van der Waals surface area contributed by atoms with Crippen LogP contribution < -0.4 is 5.32 Å². The van der Waals surface area contributed by atoms with E-state index in [1.807, 2.05) is 6.07 Å². The minimum Gasteiger partial charge on any atom is -0.353 e. The normalized spacial score (nSPS) is 28.2. The first-order valence-electron chi connectivity index (χ1n) is 5.77. The predicted molar refractivity (Wildman–Crippen MR) is 69.7 cm³/mol. The molecule has 1 fully saturated rings. The Balaban J connectivity index is 1.97. The lowest BCUT2D eigenvalue weighted by Crippen LogP contribution is -2.38. The standard InChI is InChI=1S/C13H14N2S/c16-13-14-11-8-4-7-10(11)12(15-13)9-5-2-1-3-6-9/h1-3,5-6,10,12H,4,7-8H2,(H,15,16). The van der Waals surface area contributed by atoms with Crippen LogP contribution in [-0.4, -0.2) is 10.8 Å². The number of rotatable bonds is 1. The number of thiocarbonyl (C=S) groups is 1. The molecule has 2 aliphatic rings. The van der Waals surface area contributed by atoms with Crippen LogP contribution in [0.3, 0.4) is 0 Å². The summed E-state index contributed by atoms with van der Waals surface area (Å²) in [6.07, 6.45) is 3.60. The number of nitrogens with zero attached hydrogens (tertiary/aromatic N) is 1. The molecule has 16 heavy (non-hydrogen) atoms. The Labute approximate surface area is 101 Å². The van der Waals surface area contributed by atoms with Gasteiger partial charge in [-0.2, -0.15) is 0 Å². The quantitative estimate of drug-likeness (QED) is 0.750. The predicted octanol–water partition coefficient (Wildman–Crippen LogP) is 2.86. The van der Waals surface area contributed by atoms with Crippen LogP contribution in [0.25, 0.3) is 0 Å². The summed E-state index contributed by atoms with van der Waals surface area (Å²) in [6, 6.07) is 10.9. The van der Waals surface area contributed by atoms with Gasteiger partial charge in [0.15, 0.2) is 5.11 Å². The van der Waals surface area contributed by atoms with E-state index in [4.69, 9.17) is 12.2 Å². The van der Waals surface area contributed by atoms with Crippen molar-refractivity contribution in [2.75, 3.05) is 0 Å². The van der Waals surface area contributed by atoms with Gasteiger partial charge < -0.3 is 5.32 Å².